The van der Waals surface area contributed by atoms with Crippen LogP contribution >= 0.6 is 23.2 Å². The van der Waals surface area contributed by atoms with Crippen LogP contribution in [0.2, 0.25) is 10.0 Å². The van der Waals surface area contributed by atoms with Crippen molar-refractivity contribution in [3.05, 3.63) is 63.9 Å². The van der Waals surface area contributed by atoms with E-state index in [1.165, 1.54) is 30.3 Å². The predicted molar refractivity (Wildman–Crippen MR) is 115 cm³/mol. The van der Waals surface area contributed by atoms with E-state index in [2.05, 4.69) is 10.0 Å². The summed E-state index contributed by atoms with van der Waals surface area (Å²) < 4.78 is 40.9. The molecule has 1 atom stereocenters. The number of amides is 1. The molecule has 0 radical (unpaired) electrons. The molecule has 1 aliphatic carbocycles. The normalized spacial score (nSPS) is 20.5. The van der Waals surface area contributed by atoms with Gasteiger partial charge in [0.05, 0.1) is 21.0 Å². The molecule has 0 bridgehead atoms. The van der Waals surface area contributed by atoms with Crippen LogP contribution in [0.4, 0.5) is 4.39 Å². The standard InChI is InChI=1S/C21H23Cl2FN2O3S/c1-13(14-2-6-16(24)7-3-14)25-21(27)15-4-8-17(9-5-15)26-30(28,29)18-10-11-19(22)20(23)12-18/h2-3,6-7,10-13,15,17,26H,4-5,8-9H2,1H3,(H,25,27)/t13-,15-,17-/m1/s1. The van der Waals surface area contributed by atoms with Gasteiger partial charge in [0.2, 0.25) is 15.9 Å². The fourth-order valence-electron chi connectivity index (χ4n) is 3.57. The van der Waals surface area contributed by atoms with Crippen LogP contribution in [0.3, 0.4) is 0 Å². The molecule has 1 fully saturated rings. The minimum atomic E-state index is -3.72. The Morgan fingerprint density at radius 1 is 1.03 bits per heavy atom. The van der Waals surface area contributed by atoms with Gasteiger partial charge in [0, 0.05) is 12.0 Å². The van der Waals surface area contributed by atoms with E-state index in [1.807, 2.05) is 6.92 Å². The van der Waals surface area contributed by atoms with Gasteiger partial charge in [-0.2, -0.15) is 0 Å². The Kier molecular flexibility index (Phi) is 7.39. The molecule has 0 aromatic heterocycles. The van der Waals surface area contributed by atoms with Crippen LogP contribution in [0, 0.1) is 11.7 Å². The average molecular weight is 473 g/mol. The lowest BCUT2D eigenvalue weighted by Gasteiger charge is -2.29. The third-order valence-corrected chi connectivity index (χ3v) is 7.61. The van der Waals surface area contributed by atoms with Crippen molar-refractivity contribution in [2.24, 2.45) is 5.92 Å². The first-order valence-corrected chi connectivity index (χ1v) is 11.9. The van der Waals surface area contributed by atoms with E-state index < -0.39 is 10.0 Å². The van der Waals surface area contributed by atoms with E-state index in [-0.39, 0.29) is 44.7 Å². The molecular weight excluding hydrogens is 450 g/mol. The summed E-state index contributed by atoms with van der Waals surface area (Å²) in [7, 11) is -3.72. The Morgan fingerprint density at radius 2 is 1.67 bits per heavy atom. The number of benzene rings is 2. The Labute approximate surface area is 186 Å². The first-order valence-electron chi connectivity index (χ1n) is 9.69. The van der Waals surface area contributed by atoms with Crippen molar-refractivity contribution in [1.82, 2.24) is 10.0 Å². The Balaban J connectivity index is 1.53. The Hall–Kier alpha value is -1.67. The summed E-state index contributed by atoms with van der Waals surface area (Å²) >= 11 is 11.8. The molecule has 0 heterocycles. The Morgan fingerprint density at radius 3 is 2.27 bits per heavy atom. The van der Waals surface area contributed by atoms with Crippen molar-refractivity contribution < 1.29 is 17.6 Å². The highest BCUT2D eigenvalue weighted by Gasteiger charge is 2.30. The van der Waals surface area contributed by atoms with Gasteiger partial charge in [-0.3, -0.25) is 4.79 Å². The van der Waals surface area contributed by atoms with Gasteiger partial charge in [0.15, 0.2) is 0 Å². The first-order chi connectivity index (χ1) is 14.2. The molecule has 0 spiro atoms. The first kappa shape index (κ1) is 23.0. The maximum Gasteiger partial charge on any atom is 0.240 e. The summed E-state index contributed by atoms with van der Waals surface area (Å²) in [5.41, 5.74) is 0.827. The van der Waals surface area contributed by atoms with Crippen molar-refractivity contribution in [3.8, 4) is 0 Å². The van der Waals surface area contributed by atoms with E-state index in [1.54, 1.807) is 12.1 Å². The quantitative estimate of drug-likeness (QED) is 0.630. The summed E-state index contributed by atoms with van der Waals surface area (Å²) in [6.45, 7) is 1.85. The number of hydrogen-bond acceptors (Lipinski definition) is 3. The zero-order valence-electron chi connectivity index (χ0n) is 16.4. The molecule has 2 N–H and O–H groups in total. The van der Waals surface area contributed by atoms with Gasteiger partial charge in [0.1, 0.15) is 5.82 Å². The van der Waals surface area contributed by atoms with Gasteiger partial charge in [0.25, 0.3) is 0 Å². The molecule has 1 saturated carbocycles. The largest absolute Gasteiger partial charge is 0.349 e. The minimum Gasteiger partial charge on any atom is -0.349 e. The lowest BCUT2D eigenvalue weighted by molar-refractivity contribution is -0.126. The number of hydrogen-bond donors (Lipinski definition) is 2. The summed E-state index contributed by atoms with van der Waals surface area (Å²) in [5.74, 6) is -0.574. The summed E-state index contributed by atoms with van der Waals surface area (Å²) in [6.07, 6.45) is 2.28. The number of sulfonamides is 1. The smallest absolute Gasteiger partial charge is 0.240 e. The second kappa shape index (κ2) is 9.64. The van der Waals surface area contributed by atoms with Crippen LogP contribution in [0.25, 0.3) is 0 Å². The highest BCUT2D eigenvalue weighted by atomic mass is 35.5. The number of nitrogens with one attached hydrogen (secondary N) is 2. The SMILES string of the molecule is C[C@@H](NC(=O)[C@H]1CC[C@H](NS(=O)(=O)c2ccc(Cl)c(Cl)c2)CC1)c1ccc(F)cc1. The second-order valence-corrected chi connectivity index (χ2v) is 10.1. The average Bonchev–Trinajstić information content (AvgIpc) is 2.70. The molecule has 1 aliphatic rings. The predicted octanol–water partition coefficient (Wildman–Crippen LogP) is 4.85. The van der Waals surface area contributed by atoms with E-state index in [9.17, 15) is 17.6 Å². The molecule has 0 aliphatic heterocycles. The summed E-state index contributed by atoms with van der Waals surface area (Å²) in [6, 6.07) is 9.72. The molecule has 162 valence electrons. The molecule has 30 heavy (non-hydrogen) atoms. The van der Waals surface area contributed by atoms with Gasteiger partial charge in [-0.25, -0.2) is 17.5 Å². The summed E-state index contributed by atoms with van der Waals surface area (Å²) in [5, 5.41) is 3.42. The van der Waals surface area contributed by atoms with Crippen LogP contribution in [0.15, 0.2) is 47.4 Å². The molecule has 2 aromatic rings. The van der Waals surface area contributed by atoms with E-state index >= 15 is 0 Å². The van der Waals surface area contributed by atoms with Crippen molar-refractivity contribution >= 4 is 39.1 Å². The third kappa shape index (κ3) is 5.72. The number of carbonyl (C=O) groups is 1. The molecular formula is C21H23Cl2FN2O3S. The molecule has 2 aromatic carbocycles. The lowest BCUT2D eigenvalue weighted by atomic mass is 9.85. The van der Waals surface area contributed by atoms with Gasteiger partial charge in [-0.15, -0.1) is 0 Å². The maximum atomic E-state index is 13.1. The van der Waals surface area contributed by atoms with Crippen LogP contribution in [-0.4, -0.2) is 20.4 Å². The van der Waals surface area contributed by atoms with Crippen molar-refractivity contribution in [3.63, 3.8) is 0 Å². The van der Waals surface area contributed by atoms with E-state index in [4.69, 9.17) is 23.2 Å². The molecule has 9 heteroatoms. The number of rotatable bonds is 6. The third-order valence-electron chi connectivity index (χ3n) is 5.35. The van der Waals surface area contributed by atoms with E-state index in [0.29, 0.717) is 25.7 Å². The highest BCUT2D eigenvalue weighted by molar-refractivity contribution is 7.89. The maximum absolute atomic E-state index is 13.1. The second-order valence-electron chi connectivity index (χ2n) is 7.53. The van der Waals surface area contributed by atoms with E-state index in [0.717, 1.165) is 5.56 Å². The molecule has 3 rings (SSSR count). The zero-order chi connectivity index (χ0) is 21.9. The molecule has 0 unspecified atom stereocenters. The molecule has 0 saturated heterocycles. The number of halogens is 3. The minimum absolute atomic E-state index is 0.0601. The van der Waals surface area contributed by atoms with Crippen LogP contribution < -0.4 is 10.0 Å². The fraction of sp³-hybridized carbons (Fsp3) is 0.381. The van der Waals surface area contributed by atoms with Crippen LogP contribution in [0.5, 0.6) is 0 Å². The summed E-state index contributed by atoms with van der Waals surface area (Å²) in [4.78, 5) is 12.6. The van der Waals surface area contributed by atoms with Gasteiger partial charge >= 0.3 is 0 Å². The van der Waals surface area contributed by atoms with Crippen molar-refractivity contribution in [1.29, 1.82) is 0 Å². The molecule has 5 nitrogen and oxygen atoms in total. The fourth-order valence-corrected chi connectivity index (χ4v) is 5.26. The van der Waals surface area contributed by atoms with Crippen molar-refractivity contribution in [2.75, 3.05) is 0 Å². The highest BCUT2D eigenvalue weighted by Crippen LogP contribution is 2.28. The molecule has 1 amide bonds. The van der Waals surface area contributed by atoms with Crippen molar-refractivity contribution in [2.45, 2.75) is 49.6 Å². The van der Waals surface area contributed by atoms with Gasteiger partial charge < -0.3 is 5.32 Å². The van der Waals surface area contributed by atoms with Gasteiger partial charge in [-0.05, 0) is 68.5 Å². The Bertz CT molecular complexity index is 1010. The van der Waals surface area contributed by atoms with Crippen LogP contribution in [0.1, 0.15) is 44.2 Å². The monoisotopic (exact) mass is 472 g/mol. The van der Waals surface area contributed by atoms with Crippen LogP contribution in [-0.2, 0) is 14.8 Å². The topological polar surface area (TPSA) is 75.3 Å². The zero-order valence-corrected chi connectivity index (χ0v) is 18.7. The number of carbonyl (C=O) groups excluding carboxylic acids is 1. The lowest BCUT2D eigenvalue weighted by Crippen LogP contribution is -2.41. The van der Waals surface area contributed by atoms with Gasteiger partial charge in [-0.1, -0.05) is 35.3 Å².